The van der Waals surface area contributed by atoms with Crippen molar-refractivity contribution in [3.8, 4) is 0 Å². The summed E-state index contributed by atoms with van der Waals surface area (Å²) < 4.78 is 15.5. The van der Waals surface area contributed by atoms with E-state index in [4.69, 9.17) is 36.1 Å². The van der Waals surface area contributed by atoms with E-state index in [1.807, 2.05) is 0 Å². The second-order valence-corrected chi connectivity index (χ2v) is 8.65. The van der Waals surface area contributed by atoms with Crippen LogP contribution in [0.5, 0.6) is 0 Å². The normalized spacial score (nSPS) is 13.9. The van der Waals surface area contributed by atoms with Crippen LogP contribution in [-0.4, -0.2) is 19.8 Å². The van der Waals surface area contributed by atoms with Gasteiger partial charge in [-0.05, 0) is 0 Å². The van der Waals surface area contributed by atoms with Gasteiger partial charge in [-0.2, -0.15) is 0 Å². The van der Waals surface area contributed by atoms with E-state index in [2.05, 4.69) is 19.7 Å². The summed E-state index contributed by atoms with van der Waals surface area (Å²) in [5.74, 6) is -4.05. The molecule has 0 saturated heterocycles. The molecule has 3 nitrogen and oxygen atoms in total. The molecule has 0 saturated carbocycles. The summed E-state index contributed by atoms with van der Waals surface area (Å²) >= 11 is 12.0. The summed E-state index contributed by atoms with van der Waals surface area (Å²) in [6.45, 7) is 10.9. The van der Waals surface area contributed by atoms with Crippen LogP contribution in [0, 0.1) is 0 Å². The van der Waals surface area contributed by atoms with Gasteiger partial charge in [0.05, 0.1) is 0 Å². The third kappa shape index (κ3) is 6.31. The van der Waals surface area contributed by atoms with Crippen LogP contribution >= 0.6 is 28.5 Å². The first-order valence-electron chi connectivity index (χ1n) is 4.20. The van der Waals surface area contributed by atoms with E-state index in [1.54, 1.807) is 0 Å². The molecular weight excluding hydrogens is 258 g/mol. The average Bonchev–Trinajstić information content (AvgIpc) is 2.22. The van der Waals surface area contributed by atoms with Crippen molar-refractivity contribution in [1.82, 2.24) is 0 Å². The predicted octanol–water partition coefficient (Wildman–Crippen LogP) is 4.20. The van der Waals surface area contributed by atoms with Crippen LogP contribution in [0.4, 0.5) is 0 Å². The van der Waals surface area contributed by atoms with Crippen molar-refractivity contribution in [2.24, 2.45) is 0 Å². The van der Waals surface area contributed by atoms with Crippen LogP contribution in [-0.2, 0) is 13.6 Å². The van der Waals surface area contributed by atoms with E-state index in [1.165, 1.54) is 18.2 Å². The summed E-state index contributed by atoms with van der Waals surface area (Å²) in [6.07, 6.45) is 4.50. The molecule has 0 aromatic rings. The van der Waals surface area contributed by atoms with E-state index in [-0.39, 0.29) is 19.8 Å². The maximum absolute atomic E-state index is 6.02. The van der Waals surface area contributed by atoms with Gasteiger partial charge in [0.25, 0.3) is 0 Å². The van der Waals surface area contributed by atoms with Crippen molar-refractivity contribution in [2.45, 2.75) is 0 Å². The fraction of sp³-hybridized carbons (Fsp3) is 0.333. The van der Waals surface area contributed by atoms with Gasteiger partial charge >= 0.3 is 99.8 Å². The SMILES string of the molecule is C=CCOP(Cl)(Cl)(OCC=C)OCC=C. The topological polar surface area (TPSA) is 27.7 Å². The molecule has 0 aliphatic heterocycles. The quantitative estimate of drug-likeness (QED) is 0.465. The number of halogens is 2. The van der Waals surface area contributed by atoms with Crippen LogP contribution in [0.15, 0.2) is 38.0 Å². The van der Waals surface area contributed by atoms with Gasteiger partial charge in [0.1, 0.15) is 0 Å². The molecule has 0 heterocycles. The fourth-order valence-corrected chi connectivity index (χ4v) is 2.88. The Morgan fingerprint density at radius 1 is 0.800 bits per heavy atom. The van der Waals surface area contributed by atoms with Gasteiger partial charge in [0.15, 0.2) is 0 Å². The van der Waals surface area contributed by atoms with E-state index in [9.17, 15) is 0 Å². The van der Waals surface area contributed by atoms with Crippen LogP contribution in [0.25, 0.3) is 0 Å². The first kappa shape index (κ1) is 15.1. The van der Waals surface area contributed by atoms with Crippen LogP contribution < -0.4 is 0 Å². The van der Waals surface area contributed by atoms with E-state index in [0.29, 0.717) is 0 Å². The number of hydrogen-bond donors (Lipinski definition) is 0. The summed E-state index contributed by atoms with van der Waals surface area (Å²) in [5.41, 5.74) is 0. The van der Waals surface area contributed by atoms with Crippen molar-refractivity contribution in [3.63, 3.8) is 0 Å². The van der Waals surface area contributed by atoms with Crippen molar-refractivity contribution >= 4 is 28.5 Å². The van der Waals surface area contributed by atoms with Gasteiger partial charge in [-0.15, -0.1) is 0 Å². The van der Waals surface area contributed by atoms with Crippen molar-refractivity contribution in [1.29, 1.82) is 0 Å². The Labute approximate surface area is 100 Å². The van der Waals surface area contributed by atoms with Gasteiger partial charge in [0.2, 0.25) is 0 Å². The molecule has 0 bridgehead atoms. The molecule has 0 rings (SSSR count). The Morgan fingerprint density at radius 2 is 1.07 bits per heavy atom. The number of hydrogen-bond acceptors (Lipinski definition) is 3. The van der Waals surface area contributed by atoms with Gasteiger partial charge < -0.3 is 0 Å². The Bertz CT molecular complexity index is 205. The maximum atomic E-state index is 6.02. The van der Waals surface area contributed by atoms with E-state index >= 15 is 0 Å². The van der Waals surface area contributed by atoms with Crippen molar-refractivity contribution in [2.75, 3.05) is 19.8 Å². The van der Waals surface area contributed by atoms with Crippen LogP contribution in [0.3, 0.4) is 0 Å². The minimum atomic E-state index is -4.05. The zero-order valence-electron chi connectivity index (χ0n) is 8.40. The van der Waals surface area contributed by atoms with Crippen molar-refractivity contribution in [3.05, 3.63) is 38.0 Å². The molecule has 0 fully saturated rings. The molecule has 0 spiro atoms. The van der Waals surface area contributed by atoms with Crippen LogP contribution in [0.2, 0.25) is 0 Å². The zero-order chi connectivity index (χ0) is 11.8. The van der Waals surface area contributed by atoms with Gasteiger partial charge in [-0.3, -0.25) is 0 Å². The summed E-state index contributed by atoms with van der Waals surface area (Å²) in [4.78, 5) is 0. The Balaban J connectivity index is 4.52. The monoisotopic (exact) mass is 272 g/mol. The van der Waals surface area contributed by atoms with Gasteiger partial charge in [0, 0.05) is 0 Å². The summed E-state index contributed by atoms with van der Waals surface area (Å²) in [5, 5.41) is 0. The fourth-order valence-electron chi connectivity index (χ4n) is 0.622. The molecular formula is C9H15Cl2O3P. The standard InChI is InChI=1S/C9H15Cl2O3P/c1-4-7-12-15(10,11,13-8-5-2)14-9-6-3/h4-6H,1-3,7-9H2. The third-order valence-electron chi connectivity index (χ3n) is 1.19. The Kier molecular flexibility index (Phi) is 6.69. The molecule has 88 valence electrons. The molecule has 15 heavy (non-hydrogen) atoms. The summed E-state index contributed by atoms with van der Waals surface area (Å²) in [7, 11) is 0. The predicted molar refractivity (Wildman–Crippen MR) is 67.1 cm³/mol. The van der Waals surface area contributed by atoms with Gasteiger partial charge in [-0.25, -0.2) is 0 Å². The third-order valence-corrected chi connectivity index (χ3v) is 4.61. The molecule has 0 atom stereocenters. The zero-order valence-corrected chi connectivity index (χ0v) is 10.8. The molecule has 6 heteroatoms. The molecule has 0 aliphatic carbocycles. The minimum absolute atomic E-state index is 0.138. The van der Waals surface area contributed by atoms with E-state index in [0.717, 1.165) is 0 Å². The first-order valence-corrected chi connectivity index (χ1v) is 8.00. The summed E-state index contributed by atoms with van der Waals surface area (Å²) in [6, 6.07) is 0. The molecule has 0 aromatic heterocycles. The second kappa shape index (κ2) is 6.64. The van der Waals surface area contributed by atoms with Gasteiger partial charge in [-0.1, -0.05) is 0 Å². The molecule has 0 aromatic carbocycles. The average molecular weight is 273 g/mol. The molecule has 0 unspecified atom stereocenters. The first-order chi connectivity index (χ1) is 6.96. The number of rotatable bonds is 9. The Hall–Kier alpha value is 0.110. The molecule has 0 radical (unpaired) electrons. The van der Waals surface area contributed by atoms with E-state index < -0.39 is 5.99 Å². The molecule has 0 N–H and O–H groups in total. The van der Waals surface area contributed by atoms with Crippen molar-refractivity contribution < 1.29 is 13.6 Å². The molecule has 0 amide bonds. The second-order valence-electron chi connectivity index (χ2n) is 2.45. The van der Waals surface area contributed by atoms with Crippen LogP contribution in [0.1, 0.15) is 0 Å². The Morgan fingerprint density at radius 3 is 1.27 bits per heavy atom. The molecule has 0 aliphatic rings.